The molecular weight excluding hydrogens is 288 g/mol. The quantitative estimate of drug-likeness (QED) is 0.309. The molecule has 134 valence electrons. The summed E-state index contributed by atoms with van der Waals surface area (Å²) in [5.74, 6) is 0. The van der Waals surface area contributed by atoms with E-state index in [1.54, 1.807) is 0 Å². The molecule has 1 heterocycles. The highest BCUT2D eigenvalue weighted by atomic mass is 16.7. The Balaban J connectivity index is 2.19. The first kappa shape index (κ1) is 18.7. The van der Waals surface area contributed by atoms with E-state index >= 15 is 0 Å². The lowest BCUT2D eigenvalue weighted by molar-refractivity contribution is -0.514. The first-order valence-electron chi connectivity index (χ1n) is 9.52. The van der Waals surface area contributed by atoms with Crippen LogP contribution in [-0.2, 0) is 4.84 Å². The maximum atomic E-state index is 11.9. The third-order valence-corrected chi connectivity index (χ3v) is 5.73. The summed E-state index contributed by atoms with van der Waals surface area (Å²) < 4.78 is 0.921. The van der Waals surface area contributed by atoms with Gasteiger partial charge in [-0.15, -0.1) is 0 Å². The molecule has 0 bridgehead atoms. The van der Waals surface area contributed by atoms with Crippen LogP contribution in [0.3, 0.4) is 0 Å². The lowest BCUT2D eigenvalue weighted by Gasteiger charge is -2.55. The average Bonchev–Trinajstić information content (AvgIpc) is 2.49. The van der Waals surface area contributed by atoms with E-state index in [1.807, 2.05) is 0 Å². The zero-order valence-electron chi connectivity index (χ0n) is 15.6. The normalized spacial score (nSPS) is 32.8. The number of hydroxylamine groups is 3. The lowest BCUT2D eigenvalue weighted by atomic mass is 9.75. The van der Waals surface area contributed by atoms with E-state index in [2.05, 4.69) is 39.5 Å². The molecule has 0 spiro atoms. The summed E-state index contributed by atoms with van der Waals surface area (Å²) in [6, 6.07) is -0.0157. The molecule has 0 aromatic carbocycles. The fraction of sp³-hybridized carbons (Fsp3) is 0.947. The largest absolute Gasteiger partial charge is 0.624 e. The average molecular weight is 325 g/mol. The van der Waals surface area contributed by atoms with Crippen LogP contribution in [0.1, 0.15) is 91.9 Å². The van der Waals surface area contributed by atoms with Crippen molar-refractivity contribution in [3.8, 4) is 0 Å². The van der Waals surface area contributed by atoms with Gasteiger partial charge in [0.2, 0.25) is 0 Å². The SMILES string of the molecule is C=[N+]([O-])C1CC(C)(C)N(OC2CCCCC2)C(C)(CCCC)C1. The topological polar surface area (TPSA) is 38.5 Å². The summed E-state index contributed by atoms with van der Waals surface area (Å²) in [5, 5.41) is 14.2. The molecule has 23 heavy (non-hydrogen) atoms. The molecule has 2 fully saturated rings. The minimum Gasteiger partial charge on any atom is -0.624 e. The molecule has 1 saturated heterocycles. The van der Waals surface area contributed by atoms with Crippen LogP contribution < -0.4 is 0 Å². The van der Waals surface area contributed by atoms with Crippen molar-refractivity contribution >= 4 is 6.72 Å². The number of hydrogen-bond donors (Lipinski definition) is 0. The minimum atomic E-state index is -0.136. The van der Waals surface area contributed by atoms with Gasteiger partial charge in [0, 0.05) is 18.4 Å². The fourth-order valence-electron chi connectivity index (χ4n) is 4.61. The van der Waals surface area contributed by atoms with Crippen molar-refractivity contribution in [3.63, 3.8) is 0 Å². The number of piperidine rings is 1. The third-order valence-electron chi connectivity index (χ3n) is 5.73. The molecule has 0 aromatic heterocycles. The van der Waals surface area contributed by atoms with Crippen LogP contribution in [0.2, 0.25) is 0 Å². The van der Waals surface area contributed by atoms with E-state index in [4.69, 9.17) is 4.84 Å². The molecule has 2 rings (SSSR count). The molecule has 1 aliphatic heterocycles. The maximum absolute atomic E-state index is 11.9. The van der Waals surface area contributed by atoms with Gasteiger partial charge < -0.3 is 5.21 Å². The van der Waals surface area contributed by atoms with Gasteiger partial charge in [-0.1, -0.05) is 39.0 Å². The molecule has 0 amide bonds. The molecule has 0 N–H and O–H groups in total. The van der Waals surface area contributed by atoms with Crippen LogP contribution in [0.15, 0.2) is 0 Å². The van der Waals surface area contributed by atoms with Crippen molar-refractivity contribution in [3.05, 3.63) is 5.21 Å². The zero-order chi connectivity index (χ0) is 17.1. The van der Waals surface area contributed by atoms with Crippen molar-refractivity contribution in [1.29, 1.82) is 0 Å². The van der Waals surface area contributed by atoms with Crippen molar-refractivity contribution in [2.45, 2.75) is 115 Å². The van der Waals surface area contributed by atoms with Gasteiger partial charge in [-0.3, -0.25) is 4.84 Å². The molecule has 2 unspecified atom stereocenters. The van der Waals surface area contributed by atoms with E-state index in [0.29, 0.717) is 6.10 Å². The number of nitrogens with zero attached hydrogens (tertiary/aromatic N) is 2. The molecule has 0 radical (unpaired) electrons. The smallest absolute Gasteiger partial charge is 0.166 e. The predicted molar refractivity (Wildman–Crippen MR) is 95.6 cm³/mol. The van der Waals surface area contributed by atoms with E-state index in [1.165, 1.54) is 44.9 Å². The molecular formula is C19H36N2O2. The first-order chi connectivity index (χ1) is 10.8. The summed E-state index contributed by atoms with van der Waals surface area (Å²) in [6.45, 7) is 12.6. The van der Waals surface area contributed by atoms with Crippen molar-refractivity contribution in [1.82, 2.24) is 5.06 Å². The Kier molecular flexibility index (Phi) is 6.12. The molecule has 2 atom stereocenters. The molecule has 4 heteroatoms. The zero-order valence-corrected chi connectivity index (χ0v) is 15.6. The van der Waals surface area contributed by atoms with Crippen LogP contribution in [0.25, 0.3) is 0 Å². The van der Waals surface area contributed by atoms with Crippen LogP contribution in [-0.4, -0.2) is 39.7 Å². The Morgan fingerprint density at radius 1 is 1.17 bits per heavy atom. The van der Waals surface area contributed by atoms with Gasteiger partial charge in [-0.25, -0.2) is 4.74 Å². The van der Waals surface area contributed by atoms with E-state index in [0.717, 1.165) is 24.0 Å². The van der Waals surface area contributed by atoms with Crippen LogP contribution >= 0.6 is 0 Å². The number of rotatable bonds is 6. The van der Waals surface area contributed by atoms with Crippen molar-refractivity contribution in [2.75, 3.05) is 0 Å². The Morgan fingerprint density at radius 2 is 1.83 bits per heavy atom. The molecule has 0 aromatic rings. The number of unbranched alkanes of at least 4 members (excludes halogenated alkanes) is 1. The first-order valence-corrected chi connectivity index (χ1v) is 9.52. The minimum absolute atomic E-state index is 0.0157. The third kappa shape index (κ3) is 4.48. The van der Waals surface area contributed by atoms with Gasteiger partial charge in [-0.05, 0) is 40.0 Å². The van der Waals surface area contributed by atoms with Gasteiger partial charge in [0.05, 0.1) is 11.6 Å². The Hall–Kier alpha value is -0.610. The second kappa shape index (κ2) is 7.52. The highest BCUT2D eigenvalue weighted by Gasteiger charge is 2.51. The molecule has 4 nitrogen and oxygen atoms in total. The second-order valence-corrected chi connectivity index (χ2v) is 8.55. The Bertz CT molecular complexity index is 404. The van der Waals surface area contributed by atoms with Crippen LogP contribution in [0.5, 0.6) is 0 Å². The Labute approximate surface area is 142 Å². The van der Waals surface area contributed by atoms with E-state index < -0.39 is 0 Å². The van der Waals surface area contributed by atoms with Gasteiger partial charge in [-0.2, -0.15) is 5.06 Å². The van der Waals surface area contributed by atoms with Gasteiger partial charge in [0.15, 0.2) is 6.04 Å². The molecule has 1 aliphatic carbocycles. The molecule has 1 saturated carbocycles. The van der Waals surface area contributed by atoms with E-state index in [9.17, 15) is 5.21 Å². The second-order valence-electron chi connectivity index (χ2n) is 8.55. The van der Waals surface area contributed by atoms with Gasteiger partial charge >= 0.3 is 0 Å². The highest BCUT2D eigenvalue weighted by molar-refractivity contribution is 5.15. The van der Waals surface area contributed by atoms with E-state index in [-0.39, 0.29) is 17.1 Å². The van der Waals surface area contributed by atoms with Gasteiger partial charge in [0.25, 0.3) is 0 Å². The number of hydrogen-bond acceptors (Lipinski definition) is 3. The maximum Gasteiger partial charge on any atom is 0.166 e. The summed E-state index contributed by atoms with van der Waals surface area (Å²) in [7, 11) is 0. The summed E-state index contributed by atoms with van der Waals surface area (Å²) in [5.41, 5.74) is -0.219. The lowest BCUT2D eigenvalue weighted by Crippen LogP contribution is -2.64. The highest BCUT2D eigenvalue weighted by Crippen LogP contribution is 2.43. The summed E-state index contributed by atoms with van der Waals surface area (Å²) >= 11 is 0. The van der Waals surface area contributed by atoms with Gasteiger partial charge in [0.1, 0.15) is 6.72 Å². The summed E-state index contributed by atoms with van der Waals surface area (Å²) in [6.07, 6.45) is 11.7. The van der Waals surface area contributed by atoms with Crippen LogP contribution in [0.4, 0.5) is 0 Å². The fourth-order valence-corrected chi connectivity index (χ4v) is 4.61. The Morgan fingerprint density at radius 3 is 2.39 bits per heavy atom. The summed E-state index contributed by atoms with van der Waals surface area (Å²) in [4.78, 5) is 6.58. The van der Waals surface area contributed by atoms with Crippen LogP contribution in [0, 0.1) is 5.21 Å². The monoisotopic (exact) mass is 324 g/mol. The predicted octanol–water partition coefficient (Wildman–Crippen LogP) is 4.65. The van der Waals surface area contributed by atoms with Crippen molar-refractivity contribution in [2.24, 2.45) is 0 Å². The molecule has 2 aliphatic rings. The van der Waals surface area contributed by atoms with Crippen molar-refractivity contribution < 1.29 is 9.58 Å². The standard InChI is InChI=1S/C19H36N2O2/c1-6-7-13-19(4)15-16(20(5)22)14-18(2,3)21(19)23-17-11-9-8-10-12-17/h16-17H,5-15H2,1-4H3.